The molecule has 4 nitrogen and oxygen atoms in total. The number of rotatable bonds is 3. The van der Waals surface area contributed by atoms with Crippen LogP contribution >= 0.6 is 0 Å². The predicted octanol–water partition coefficient (Wildman–Crippen LogP) is 1.19. The Morgan fingerprint density at radius 2 is 2.11 bits per heavy atom. The average molecular weight is 263 g/mol. The largest absolute Gasteiger partial charge is 0.371 e. The Kier molecular flexibility index (Phi) is 2.93. The minimum atomic E-state index is -0.690. The standard InChI is InChI=1S/C14H18FN3O/c15-11-1-3-12(4-2-11)17-14(13(16)19)6-8-18-7-5-10(14)9-18/h1-4,10,17H,5-9H2,(H2,16,19). The minimum Gasteiger partial charge on any atom is -0.371 e. The Hall–Kier alpha value is -1.62. The van der Waals surface area contributed by atoms with Crippen LogP contribution < -0.4 is 11.1 Å². The number of benzene rings is 1. The van der Waals surface area contributed by atoms with Crippen LogP contribution in [-0.2, 0) is 4.79 Å². The molecule has 0 aliphatic carbocycles. The zero-order valence-electron chi connectivity index (χ0n) is 10.7. The van der Waals surface area contributed by atoms with Gasteiger partial charge >= 0.3 is 0 Å². The second kappa shape index (κ2) is 4.49. The number of nitrogens with zero attached hydrogens (tertiary/aromatic N) is 1. The molecule has 0 aromatic heterocycles. The number of amides is 1. The van der Waals surface area contributed by atoms with Crippen molar-refractivity contribution < 1.29 is 9.18 Å². The molecule has 1 aromatic carbocycles. The molecule has 2 fully saturated rings. The molecule has 3 N–H and O–H groups in total. The van der Waals surface area contributed by atoms with Gasteiger partial charge in [-0.2, -0.15) is 0 Å². The van der Waals surface area contributed by atoms with Crippen LogP contribution in [0.15, 0.2) is 24.3 Å². The van der Waals surface area contributed by atoms with Gasteiger partial charge in [0.1, 0.15) is 11.4 Å². The molecule has 3 atom stereocenters. The summed E-state index contributed by atoms with van der Waals surface area (Å²) < 4.78 is 12.9. The Morgan fingerprint density at radius 1 is 1.37 bits per heavy atom. The lowest BCUT2D eigenvalue weighted by atomic mass is 9.78. The van der Waals surface area contributed by atoms with Gasteiger partial charge in [-0.3, -0.25) is 4.79 Å². The summed E-state index contributed by atoms with van der Waals surface area (Å²) in [6.07, 6.45) is 1.70. The van der Waals surface area contributed by atoms with E-state index >= 15 is 0 Å². The fourth-order valence-corrected chi connectivity index (χ4v) is 3.32. The smallest absolute Gasteiger partial charge is 0.243 e. The second-order valence-electron chi connectivity index (χ2n) is 5.50. The van der Waals surface area contributed by atoms with Crippen molar-refractivity contribution in [1.29, 1.82) is 0 Å². The van der Waals surface area contributed by atoms with Gasteiger partial charge in [0.05, 0.1) is 0 Å². The first-order chi connectivity index (χ1) is 9.10. The summed E-state index contributed by atoms with van der Waals surface area (Å²) in [7, 11) is 0. The third-order valence-corrected chi connectivity index (χ3v) is 4.44. The quantitative estimate of drug-likeness (QED) is 0.861. The molecule has 19 heavy (non-hydrogen) atoms. The lowest BCUT2D eigenvalue weighted by molar-refractivity contribution is -0.125. The number of hydrogen-bond acceptors (Lipinski definition) is 3. The Balaban J connectivity index is 1.88. The summed E-state index contributed by atoms with van der Waals surface area (Å²) >= 11 is 0. The van der Waals surface area contributed by atoms with Crippen molar-refractivity contribution in [1.82, 2.24) is 4.90 Å². The van der Waals surface area contributed by atoms with Crippen LogP contribution in [-0.4, -0.2) is 36.0 Å². The molecule has 102 valence electrons. The predicted molar refractivity (Wildman–Crippen MR) is 71.1 cm³/mol. The molecule has 2 saturated heterocycles. The summed E-state index contributed by atoms with van der Waals surface area (Å²) in [5.74, 6) is -0.346. The highest BCUT2D eigenvalue weighted by atomic mass is 19.1. The van der Waals surface area contributed by atoms with Gasteiger partial charge in [-0.25, -0.2) is 4.39 Å². The molecule has 2 aliphatic heterocycles. The summed E-state index contributed by atoms with van der Waals surface area (Å²) in [5, 5.41) is 3.28. The van der Waals surface area contributed by atoms with Crippen LogP contribution in [0.25, 0.3) is 0 Å². The molecule has 2 aliphatic rings. The zero-order valence-corrected chi connectivity index (χ0v) is 10.7. The van der Waals surface area contributed by atoms with Crippen LogP contribution in [0.1, 0.15) is 12.8 Å². The number of fused-ring (bicyclic) bond motifs is 2. The van der Waals surface area contributed by atoms with E-state index in [1.54, 1.807) is 12.1 Å². The summed E-state index contributed by atoms with van der Waals surface area (Å²) in [4.78, 5) is 14.4. The van der Waals surface area contributed by atoms with Crippen molar-refractivity contribution in [2.24, 2.45) is 11.7 Å². The van der Waals surface area contributed by atoms with E-state index in [9.17, 15) is 9.18 Å². The first-order valence-electron chi connectivity index (χ1n) is 6.66. The van der Waals surface area contributed by atoms with Gasteiger partial charge in [-0.15, -0.1) is 0 Å². The van der Waals surface area contributed by atoms with Gasteiger partial charge < -0.3 is 16.0 Å². The molecule has 3 unspecified atom stereocenters. The fourth-order valence-electron chi connectivity index (χ4n) is 3.32. The van der Waals surface area contributed by atoms with Crippen LogP contribution in [0, 0.1) is 11.7 Å². The molecule has 5 heteroatoms. The van der Waals surface area contributed by atoms with E-state index in [1.165, 1.54) is 12.1 Å². The molecule has 2 heterocycles. The fraction of sp³-hybridized carbons (Fsp3) is 0.500. The second-order valence-corrected chi connectivity index (χ2v) is 5.50. The van der Waals surface area contributed by atoms with E-state index in [4.69, 9.17) is 5.73 Å². The van der Waals surface area contributed by atoms with Crippen molar-refractivity contribution in [3.63, 3.8) is 0 Å². The van der Waals surface area contributed by atoms with Crippen LogP contribution in [0.4, 0.5) is 10.1 Å². The van der Waals surface area contributed by atoms with Crippen molar-refractivity contribution >= 4 is 11.6 Å². The number of piperidine rings is 1. The number of anilines is 1. The number of carbonyl (C=O) groups is 1. The van der Waals surface area contributed by atoms with Crippen molar-refractivity contribution in [2.75, 3.05) is 25.0 Å². The first-order valence-corrected chi connectivity index (χ1v) is 6.66. The van der Waals surface area contributed by atoms with E-state index in [0.29, 0.717) is 6.42 Å². The molecule has 0 saturated carbocycles. The van der Waals surface area contributed by atoms with Crippen LogP contribution in [0.5, 0.6) is 0 Å². The highest BCUT2D eigenvalue weighted by molar-refractivity contribution is 5.88. The van der Waals surface area contributed by atoms with E-state index < -0.39 is 5.54 Å². The molecule has 1 aromatic rings. The van der Waals surface area contributed by atoms with E-state index in [0.717, 1.165) is 31.7 Å². The summed E-state index contributed by atoms with van der Waals surface area (Å²) in [6.45, 7) is 2.83. The topological polar surface area (TPSA) is 58.4 Å². The normalized spacial score (nSPS) is 33.1. The maximum Gasteiger partial charge on any atom is 0.243 e. The van der Waals surface area contributed by atoms with Crippen molar-refractivity contribution in [3.8, 4) is 0 Å². The molecule has 3 rings (SSSR count). The van der Waals surface area contributed by atoms with E-state index in [1.807, 2.05) is 0 Å². The lowest BCUT2D eigenvalue weighted by Crippen LogP contribution is -2.60. The Bertz CT molecular complexity index is 490. The number of hydrogen-bond donors (Lipinski definition) is 2. The molecular formula is C14H18FN3O. The SMILES string of the molecule is NC(=O)C1(Nc2ccc(F)cc2)CCN2CCC1C2. The summed E-state index contributed by atoms with van der Waals surface area (Å²) in [6, 6.07) is 6.09. The maximum absolute atomic E-state index is 12.9. The van der Waals surface area contributed by atoms with Crippen LogP contribution in [0.2, 0.25) is 0 Å². The number of primary amides is 1. The van der Waals surface area contributed by atoms with Crippen molar-refractivity contribution in [2.45, 2.75) is 18.4 Å². The van der Waals surface area contributed by atoms with Gasteiger partial charge in [0.25, 0.3) is 0 Å². The van der Waals surface area contributed by atoms with Crippen molar-refractivity contribution in [3.05, 3.63) is 30.1 Å². The third-order valence-electron chi connectivity index (χ3n) is 4.44. The van der Waals surface area contributed by atoms with Gasteiger partial charge in [0.15, 0.2) is 0 Å². The lowest BCUT2D eigenvalue weighted by Gasteiger charge is -2.41. The number of nitrogens with two attached hydrogens (primary N) is 1. The Labute approximate surface area is 111 Å². The molecule has 2 bridgehead atoms. The van der Waals surface area contributed by atoms with Gasteiger partial charge in [-0.05, 0) is 43.7 Å². The van der Waals surface area contributed by atoms with E-state index in [-0.39, 0.29) is 17.6 Å². The van der Waals surface area contributed by atoms with Crippen LogP contribution in [0.3, 0.4) is 0 Å². The highest BCUT2D eigenvalue weighted by Gasteiger charge is 2.50. The van der Waals surface area contributed by atoms with E-state index in [2.05, 4.69) is 10.2 Å². The number of halogens is 1. The molecule has 0 spiro atoms. The molecular weight excluding hydrogens is 245 g/mol. The monoisotopic (exact) mass is 263 g/mol. The van der Waals surface area contributed by atoms with Gasteiger partial charge in [0, 0.05) is 24.7 Å². The third kappa shape index (κ3) is 2.08. The molecule has 0 radical (unpaired) electrons. The number of carbonyl (C=O) groups excluding carboxylic acids is 1. The first kappa shape index (κ1) is 12.4. The zero-order chi connectivity index (χ0) is 13.5. The minimum absolute atomic E-state index is 0.240. The molecule has 1 amide bonds. The van der Waals surface area contributed by atoms with Gasteiger partial charge in [-0.1, -0.05) is 0 Å². The average Bonchev–Trinajstić information content (AvgIpc) is 2.80. The highest BCUT2D eigenvalue weighted by Crippen LogP contribution is 2.38. The maximum atomic E-state index is 12.9. The summed E-state index contributed by atoms with van der Waals surface area (Å²) in [5.41, 5.74) is 5.73. The Morgan fingerprint density at radius 3 is 2.79 bits per heavy atom. The van der Waals surface area contributed by atoms with Gasteiger partial charge in [0.2, 0.25) is 5.91 Å². The number of nitrogens with one attached hydrogen (secondary N) is 1.